The Kier molecular flexibility index (Phi) is 6.07. The van der Waals surface area contributed by atoms with E-state index in [1.54, 1.807) is 0 Å². The number of esters is 1. The second-order valence-corrected chi connectivity index (χ2v) is 4.84. The van der Waals surface area contributed by atoms with E-state index in [1.807, 2.05) is 0 Å². The van der Waals surface area contributed by atoms with Gasteiger partial charge < -0.3 is 4.74 Å². The largest absolute Gasteiger partial charge is 0.466 e. The van der Waals surface area contributed by atoms with Gasteiger partial charge in [-0.15, -0.1) is 0 Å². The standard InChI is InChI=1S/C17H26O2/c1-6-12-10-14(17(18)19-5)11-13(7-2)16(9-4)15(12)8-3/h10H,6-9,11H2,1-5H3. The van der Waals surface area contributed by atoms with Crippen LogP contribution in [0.3, 0.4) is 0 Å². The minimum Gasteiger partial charge on any atom is -0.466 e. The third kappa shape index (κ3) is 3.37. The van der Waals surface area contributed by atoms with E-state index in [9.17, 15) is 4.79 Å². The molecule has 0 heterocycles. The van der Waals surface area contributed by atoms with Crippen LogP contribution in [-0.2, 0) is 9.53 Å². The van der Waals surface area contributed by atoms with Crippen molar-refractivity contribution in [3.8, 4) is 0 Å². The van der Waals surface area contributed by atoms with Crippen molar-refractivity contribution in [3.63, 3.8) is 0 Å². The highest BCUT2D eigenvalue weighted by Gasteiger charge is 2.20. The van der Waals surface area contributed by atoms with Crippen LogP contribution in [-0.4, -0.2) is 13.1 Å². The summed E-state index contributed by atoms with van der Waals surface area (Å²) in [7, 11) is 1.46. The van der Waals surface area contributed by atoms with Gasteiger partial charge in [-0.25, -0.2) is 4.79 Å². The van der Waals surface area contributed by atoms with Gasteiger partial charge in [0.05, 0.1) is 7.11 Å². The van der Waals surface area contributed by atoms with Crippen molar-refractivity contribution in [3.05, 3.63) is 33.9 Å². The smallest absolute Gasteiger partial charge is 0.334 e. The van der Waals surface area contributed by atoms with E-state index in [0.717, 1.165) is 37.7 Å². The van der Waals surface area contributed by atoms with Crippen molar-refractivity contribution >= 4 is 5.97 Å². The molecule has 2 nitrogen and oxygen atoms in total. The molecule has 0 aromatic heterocycles. The molecular formula is C17H26O2. The van der Waals surface area contributed by atoms with Gasteiger partial charge in [-0.1, -0.05) is 33.3 Å². The molecule has 1 aliphatic carbocycles. The van der Waals surface area contributed by atoms with E-state index >= 15 is 0 Å². The minimum atomic E-state index is -0.190. The van der Waals surface area contributed by atoms with E-state index in [1.165, 1.54) is 29.4 Å². The van der Waals surface area contributed by atoms with E-state index in [4.69, 9.17) is 4.74 Å². The number of carbonyl (C=O) groups is 1. The van der Waals surface area contributed by atoms with Crippen LogP contribution in [0, 0.1) is 0 Å². The molecule has 19 heavy (non-hydrogen) atoms. The zero-order valence-electron chi connectivity index (χ0n) is 12.9. The fraction of sp³-hybridized carbons (Fsp3) is 0.588. The van der Waals surface area contributed by atoms with Gasteiger partial charge in [0, 0.05) is 12.0 Å². The average molecular weight is 262 g/mol. The zero-order chi connectivity index (χ0) is 14.4. The molecule has 0 amide bonds. The summed E-state index contributed by atoms with van der Waals surface area (Å²) in [4.78, 5) is 11.9. The summed E-state index contributed by atoms with van der Waals surface area (Å²) < 4.78 is 4.92. The fourth-order valence-corrected chi connectivity index (χ4v) is 2.91. The highest BCUT2D eigenvalue weighted by atomic mass is 16.5. The number of hydrogen-bond acceptors (Lipinski definition) is 2. The Morgan fingerprint density at radius 1 is 1.05 bits per heavy atom. The van der Waals surface area contributed by atoms with Crippen molar-refractivity contribution in [1.82, 2.24) is 0 Å². The molecule has 0 aliphatic heterocycles. The van der Waals surface area contributed by atoms with Crippen molar-refractivity contribution in [2.75, 3.05) is 7.11 Å². The van der Waals surface area contributed by atoms with Crippen LogP contribution in [0.1, 0.15) is 59.8 Å². The summed E-state index contributed by atoms with van der Waals surface area (Å²) in [6.07, 6.45) is 6.82. The second-order valence-electron chi connectivity index (χ2n) is 4.84. The first-order valence-corrected chi connectivity index (χ1v) is 7.34. The first-order valence-electron chi connectivity index (χ1n) is 7.34. The summed E-state index contributed by atoms with van der Waals surface area (Å²) in [5, 5.41) is 0. The number of carbonyl (C=O) groups excluding carboxylic acids is 1. The van der Waals surface area contributed by atoms with Crippen LogP contribution in [0.2, 0.25) is 0 Å². The number of rotatable bonds is 5. The molecule has 0 saturated carbocycles. The topological polar surface area (TPSA) is 26.3 Å². The maximum absolute atomic E-state index is 11.9. The lowest BCUT2D eigenvalue weighted by molar-refractivity contribution is -0.136. The van der Waals surface area contributed by atoms with Crippen LogP contribution in [0.15, 0.2) is 33.9 Å². The van der Waals surface area contributed by atoms with Crippen molar-refractivity contribution in [2.45, 2.75) is 59.8 Å². The van der Waals surface area contributed by atoms with Gasteiger partial charge in [-0.2, -0.15) is 0 Å². The van der Waals surface area contributed by atoms with Gasteiger partial charge in [0.15, 0.2) is 0 Å². The van der Waals surface area contributed by atoms with Crippen LogP contribution in [0.4, 0.5) is 0 Å². The van der Waals surface area contributed by atoms with Gasteiger partial charge in [0.2, 0.25) is 0 Å². The summed E-state index contributed by atoms with van der Waals surface area (Å²) in [5.41, 5.74) is 6.37. The normalized spacial score (nSPS) is 16.4. The van der Waals surface area contributed by atoms with Crippen molar-refractivity contribution < 1.29 is 9.53 Å². The van der Waals surface area contributed by atoms with E-state index in [2.05, 4.69) is 33.8 Å². The van der Waals surface area contributed by atoms with Crippen LogP contribution in [0.25, 0.3) is 0 Å². The number of methoxy groups -OCH3 is 1. The summed E-state index contributed by atoms with van der Waals surface area (Å²) in [5.74, 6) is -0.190. The number of hydrogen-bond donors (Lipinski definition) is 0. The molecule has 0 aromatic rings. The molecule has 0 bridgehead atoms. The van der Waals surface area contributed by atoms with E-state index < -0.39 is 0 Å². The molecule has 0 saturated heterocycles. The maximum Gasteiger partial charge on any atom is 0.334 e. The summed E-state index contributed by atoms with van der Waals surface area (Å²) in [6.45, 7) is 8.73. The molecule has 0 atom stereocenters. The SMILES string of the molecule is CCC1=C(CC)C(CC)=C(CC)CC(C(=O)OC)=C1. The van der Waals surface area contributed by atoms with Crippen LogP contribution >= 0.6 is 0 Å². The predicted octanol–water partition coefficient (Wildman–Crippen LogP) is 4.72. The Balaban J connectivity index is 3.42. The monoisotopic (exact) mass is 262 g/mol. The van der Waals surface area contributed by atoms with Crippen LogP contribution in [0.5, 0.6) is 0 Å². The fourth-order valence-electron chi connectivity index (χ4n) is 2.91. The van der Waals surface area contributed by atoms with Crippen LogP contribution < -0.4 is 0 Å². The molecule has 0 N–H and O–H groups in total. The highest BCUT2D eigenvalue weighted by Crippen LogP contribution is 2.35. The summed E-state index contributed by atoms with van der Waals surface area (Å²) >= 11 is 0. The molecule has 1 rings (SSSR count). The van der Waals surface area contributed by atoms with Gasteiger partial charge in [-0.3, -0.25) is 0 Å². The Bertz CT molecular complexity index is 436. The third-order valence-electron chi connectivity index (χ3n) is 3.89. The van der Waals surface area contributed by atoms with Gasteiger partial charge in [0.1, 0.15) is 0 Å². The number of allylic oxidation sites excluding steroid dienone is 5. The lowest BCUT2D eigenvalue weighted by atomic mass is 9.90. The molecular weight excluding hydrogens is 236 g/mol. The zero-order valence-corrected chi connectivity index (χ0v) is 12.9. The van der Waals surface area contributed by atoms with E-state index in [0.29, 0.717) is 0 Å². The molecule has 0 unspecified atom stereocenters. The van der Waals surface area contributed by atoms with Gasteiger partial charge in [0.25, 0.3) is 0 Å². The minimum absolute atomic E-state index is 0.190. The van der Waals surface area contributed by atoms with Gasteiger partial charge in [-0.05, 0) is 48.5 Å². The Labute approximate surface area is 117 Å². The summed E-state index contributed by atoms with van der Waals surface area (Å²) in [6, 6.07) is 0. The van der Waals surface area contributed by atoms with E-state index in [-0.39, 0.29) is 5.97 Å². The molecule has 0 spiro atoms. The lowest BCUT2D eigenvalue weighted by Gasteiger charge is -2.15. The quantitative estimate of drug-likeness (QED) is 0.670. The molecule has 1 aliphatic rings. The van der Waals surface area contributed by atoms with Gasteiger partial charge >= 0.3 is 5.97 Å². The Hall–Kier alpha value is -1.31. The average Bonchev–Trinajstić information content (AvgIpc) is 2.61. The Morgan fingerprint density at radius 3 is 2.11 bits per heavy atom. The van der Waals surface area contributed by atoms with Crippen molar-refractivity contribution in [1.29, 1.82) is 0 Å². The Morgan fingerprint density at radius 2 is 1.68 bits per heavy atom. The molecule has 0 aromatic carbocycles. The van der Waals surface area contributed by atoms with Crippen molar-refractivity contribution in [2.24, 2.45) is 0 Å². The molecule has 0 radical (unpaired) electrons. The first kappa shape index (κ1) is 15.7. The third-order valence-corrected chi connectivity index (χ3v) is 3.89. The number of ether oxygens (including phenoxy) is 1. The second kappa shape index (κ2) is 7.32. The molecule has 0 fully saturated rings. The molecule has 2 heteroatoms. The highest BCUT2D eigenvalue weighted by molar-refractivity contribution is 5.90. The first-order chi connectivity index (χ1) is 9.12. The molecule has 106 valence electrons. The predicted molar refractivity (Wildman–Crippen MR) is 79.9 cm³/mol. The lowest BCUT2D eigenvalue weighted by Crippen LogP contribution is -2.06. The maximum atomic E-state index is 11.9.